The Morgan fingerprint density at radius 2 is 2.25 bits per heavy atom. The zero-order chi connectivity index (χ0) is 13.9. The summed E-state index contributed by atoms with van der Waals surface area (Å²) in [4.78, 5) is 3.97. The van der Waals surface area contributed by atoms with Gasteiger partial charge in [0.25, 0.3) is 0 Å². The number of aromatic nitrogens is 3. The van der Waals surface area contributed by atoms with E-state index in [0.717, 1.165) is 16.9 Å². The largest absolute Gasteiger partial charge is 0.472 e. The van der Waals surface area contributed by atoms with Crippen molar-refractivity contribution >= 4 is 17.3 Å². The predicted molar refractivity (Wildman–Crippen MR) is 77.1 cm³/mol. The lowest BCUT2D eigenvalue weighted by Crippen LogP contribution is -2.09. The maximum Gasteiger partial charge on any atom is 0.138 e. The Bertz CT molecular complexity index is 679. The molecule has 5 nitrogen and oxygen atoms in total. The molecule has 20 heavy (non-hydrogen) atoms. The minimum Gasteiger partial charge on any atom is -0.472 e. The molecule has 3 rings (SSSR count). The van der Waals surface area contributed by atoms with Crippen molar-refractivity contribution in [2.45, 2.75) is 13.0 Å². The highest BCUT2D eigenvalue weighted by Gasteiger charge is 2.11. The second-order valence-electron chi connectivity index (χ2n) is 4.42. The lowest BCUT2D eigenvalue weighted by atomic mass is 10.1. The molecule has 0 saturated carbocycles. The highest BCUT2D eigenvalue weighted by atomic mass is 35.5. The van der Waals surface area contributed by atoms with Crippen LogP contribution >= 0.6 is 11.6 Å². The molecular formula is C14H13ClN4O. The molecule has 1 atom stereocenters. The average Bonchev–Trinajstić information content (AvgIpc) is 3.12. The van der Waals surface area contributed by atoms with E-state index in [-0.39, 0.29) is 6.04 Å². The summed E-state index contributed by atoms with van der Waals surface area (Å²) >= 11 is 6.08. The van der Waals surface area contributed by atoms with Crippen LogP contribution in [0, 0.1) is 0 Å². The Labute approximate surface area is 121 Å². The summed E-state index contributed by atoms with van der Waals surface area (Å²) in [6.07, 6.45) is 6.52. The van der Waals surface area contributed by atoms with Crippen molar-refractivity contribution in [3.8, 4) is 5.69 Å². The van der Waals surface area contributed by atoms with Crippen LogP contribution in [0.3, 0.4) is 0 Å². The molecule has 2 heterocycles. The molecule has 1 N–H and O–H groups in total. The topological polar surface area (TPSA) is 55.9 Å². The summed E-state index contributed by atoms with van der Waals surface area (Å²) < 4.78 is 6.80. The number of nitrogens with zero attached hydrogens (tertiary/aromatic N) is 3. The molecule has 2 aromatic heterocycles. The van der Waals surface area contributed by atoms with Gasteiger partial charge in [0.2, 0.25) is 0 Å². The van der Waals surface area contributed by atoms with Gasteiger partial charge in [0.05, 0.1) is 29.9 Å². The van der Waals surface area contributed by atoms with Crippen LogP contribution in [-0.4, -0.2) is 14.8 Å². The number of hydrogen-bond donors (Lipinski definition) is 1. The molecule has 0 bridgehead atoms. The first kappa shape index (κ1) is 12.7. The van der Waals surface area contributed by atoms with Crippen molar-refractivity contribution in [1.82, 2.24) is 14.8 Å². The third-order valence-electron chi connectivity index (χ3n) is 3.04. The molecule has 0 radical (unpaired) electrons. The maximum absolute atomic E-state index is 6.08. The van der Waals surface area contributed by atoms with E-state index in [4.69, 9.17) is 16.0 Å². The quantitative estimate of drug-likeness (QED) is 0.795. The normalized spacial score (nSPS) is 12.3. The molecular weight excluding hydrogens is 276 g/mol. The van der Waals surface area contributed by atoms with Crippen molar-refractivity contribution in [1.29, 1.82) is 0 Å². The van der Waals surface area contributed by atoms with E-state index in [0.29, 0.717) is 5.02 Å². The van der Waals surface area contributed by atoms with E-state index in [1.54, 1.807) is 23.5 Å². The van der Waals surface area contributed by atoms with Crippen LogP contribution in [0.5, 0.6) is 0 Å². The van der Waals surface area contributed by atoms with Crippen molar-refractivity contribution in [2.24, 2.45) is 0 Å². The monoisotopic (exact) mass is 288 g/mol. The van der Waals surface area contributed by atoms with Gasteiger partial charge in [-0.1, -0.05) is 11.6 Å². The summed E-state index contributed by atoms with van der Waals surface area (Å²) in [6.45, 7) is 2.05. The lowest BCUT2D eigenvalue weighted by Gasteiger charge is -2.17. The number of hydrogen-bond acceptors (Lipinski definition) is 4. The minimum absolute atomic E-state index is 0.0921. The highest BCUT2D eigenvalue weighted by molar-refractivity contribution is 6.31. The van der Waals surface area contributed by atoms with Gasteiger partial charge >= 0.3 is 0 Å². The van der Waals surface area contributed by atoms with E-state index >= 15 is 0 Å². The van der Waals surface area contributed by atoms with Crippen molar-refractivity contribution in [2.75, 3.05) is 5.32 Å². The molecule has 0 aliphatic heterocycles. The van der Waals surface area contributed by atoms with Gasteiger partial charge in [0.1, 0.15) is 12.7 Å². The Morgan fingerprint density at radius 3 is 2.95 bits per heavy atom. The van der Waals surface area contributed by atoms with Crippen molar-refractivity contribution in [3.63, 3.8) is 0 Å². The Kier molecular flexibility index (Phi) is 3.43. The van der Waals surface area contributed by atoms with Crippen LogP contribution in [0.4, 0.5) is 5.69 Å². The number of halogens is 1. The summed E-state index contributed by atoms with van der Waals surface area (Å²) in [5, 5.41) is 8.22. The van der Waals surface area contributed by atoms with Gasteiger partial charge in [0, 0.05) is 10.6 Å². The molecule has 0 aliphatic rings. The molecule has 6 heteroatoms. The third-order valence-corrected chi connectivity index (χ3v) is 3.27. The van der Waals surface area contributed by atoms with E-state index in [9.17, 15) is 0 Å². The van der Waals surface area contributed by atoms with E-state index in [2.05, 4.69) is 22.3 Å². The molecule has 3 aromatic rings. The number of anilines is 1. The Balaban J connectivity index is 1.94. The van der Waals surface area contributed by atoms with Gasteiger partial charge in [-0.2, -0.15) is 5.10 Å². The summed E-state index contributed by atoms with van der Waals surface area (Å²) in [6, 6.07) is 7.62. The van der Waals surface area contributed by atoms with E-state index in [1.807, 2.05) is 24.3 Å². The van der Waals surface area contributed by atoms with Gasteiger partial charge in [-0.15, -0.1) is 0 Å². The summed E-state index contributed by atoms with van der Waals surface area (Å²) in [7, 11) is 0. The van der Waals surface area contributed by atoms with Crippen LogP contribution in [0.1, 0.15) is 18.5 Å². The van der Waals surface area contributed by atoms with Crippen molar-refractivity contribution < 1.29 is 4.42 Å². The van der Waals surface area contributed by atoms with Crippen LogP contribution in [0.2, 0.25) is 5.02 Å². The molecule has 0 amide bonds. The van der Waals surface area contributed by atoms with Crippen molar-refractivity contribution in [3.05, 3.63) is 60.0 Å². The SMILES string of the molecule is CC(Nc1cc(Cl)ccc1-n1cncn1)c1ccoc1. The first-order valence-corrected chi connectivity index (χ1v) is 6.55. The van der Waals surface area contributed by atoms with Crippen LogP contribution in [-0.2, 0) is 0 Å². The molecule has 1 aromatic carbocycles. The third kappa shape index (κ3) is 2.53. The number of furan rings is 1. The fraction of sp³-hybridized carbons (Fsp3) is 0.143. The van der Waals surface area contributed by atoms with Gasteiger partial charge < -0.3 is 9.73 Å². The number of benzene rings is 1. The standard InChI is InChI=1S/C14H13ClN4O/c1-10(11-4-5-20-7-11)18-13-6-12(15)2-3-14(13)19-9-16-8-17-19/h2-10,18H,1H3. The fourth-order valence-corrected chi connectivity index (χ4v) is 2.17. The molecule has 0 spiro atoms. The Morgan fingerprint density at radius 1 is 1.35 bits per heavy atom. The fourth-order valence-electron chi connectivity index (χ4n) is 1.99. The zero-order valence-electron chi connectivity index (χ0n) is 10.8. The second kappa shape index (κ2) is 5.38. The van der Waals surface area contributed by atoms with Gasteiger partial charge in [-0.05, 0) is 31.2 Å². The van der Waals surface area contributed by atoms with E-state index < -0.39 is 0 Å². The first-order chi connectivity index (χ1) is 9.74. The number of nitrogens with one attached hydrogen (secondary N) is 1. The molecule has 0 fully saturated rings. The summed E-state index contributed by atoms with van der Waals surface area (Å²) in [5.74, 6) is 0. The number of rotatable bonds is 4. The lowest BCUT2D eigenvalue weighted by molar-refractivity contribution is 0.562. The summed E-state index contributed by atoms with van der Waals surface area (Å²) in [5.41, 5.74) is 2.84. The molecule has 0 aliphatic carbocycles. The van der Waals surface area contributed by atoms with Gasteiger partial charge in [0.15, 0.2) is 0 Å². The van der Waals surface area contributed by atoms with Crippen LogP contribution < -0.4 is 5.32 Å². The predicted octanol–water partition coefficient (Wildman–Crippen LogP) is 3.69. The average molecular weight is 289 g/mol. The first-order valence-electron chi connectivity index (χ1n) is 6.17. The Hall–Kier alpha value is -2.27. The van der Waals surface area contributed by atoms with Crippen LogP contribution in [0.25, 0.3) is 5.69 Å². The molecule has 1 unspecified atom stereocenters. The highest BCUT2D eigenvalue weighted by Crippen LogP contribution is 2.27. The molecule has 102 valence electrons. The zero-order valence-corrected chi connectivity index (χ0v) is 11.6. The van der Waals surface area contributed by atoms with Crippen LogP contribution in [0.15, 0.2) is 53.9 Å². The molecule has 0 saturated heterocycles. The smallest absolute Gasteiger partial charge is 0.138 e. The van der Waals surface area contributed by atoms with Gasteiger partial charge in [-0.25, -0.2) is 9.67 Å². The maximum atomic E-state index is 6.08. The minimum atomic E-state index is 0.0921. The second-order valence-corrected chi connectivity index (χ2v) is 4.86. The van der Waals surface area contributed by atoms with E-state index in [1.165, 1.54) is 6.33 Å². The van der Waals surface area contributed by atoms with Gasteiger partial charge in [-0.3, -0.25) is 0 Å².